The first-order chi connectivity index (χ1) is 9.63. The number of aromatic hydroxyl groups is 1. The fourth-order valence-corrected chi connectivity index (χ4v) is 2.73. The minimum Gasteiger partial charge on any atom is -0.504 e. The summed E-state index contributed by atoms with van der Waals surface area (Å²) in [5.41, 5.74) is 1.08. The highest BCUT2D eigenvalue weighted by Gasteiger charge is 2.10. The van der Waals surface area contributed by atoms with Crippen molar-refractivity contribution >= 4 is 11.3 Å². The third-order valence-corrected chi connectivity index (χ3v) is 4.35. The molecule has 5 heteroatoms. The lowest BCUT2D eigenvalue weighted by atomic mass is 10.1. The third kappa shape index (κ3) is 3.49. The second-order valence-corrected chi connectivity index (χ2v) is 5.81. The molecule has 0 aliphatic heterocycles. The number of methoxy groups -OCH3 is 1. The van der Waals surface area contributed by atoms with Gasteiger partial charge in [-0.3, -0.25) is 0 Å². The lowest BCUT2D eigenvalue weighted by molar-refractivity contribution is 0.372. The Hall–Kier alpha value is -1.59. The van der Waals surface area contributed by atoms with Crippen molar-refractivity contribution < 1.29 is 9.84 Å². The average Bonchev–Trinajstić information content (AvgIpc) is 2.93. The molecule has 1 heterocycles. The summed E-state index contributed by atoms with van der Waals surface area (Å²) in [6.45, 7) is 4.96. The standard InChI is InChI=1S/C15H20N2O2S/c1-4-12-8-17-15(20-12)9-16-10(2)11-5-6-13(18)14(7-11)19-3/h5-8,10,16,18H,4,9H2,1-3H3. The van der Waals surface area contributed by atoms with Crippen LogP contribution in [0, 0.1) is 0 Å². The van der Waals surface area contributed by atoms with Crippen LogP contribution in [-0.4, -0.2) is 17.2 Å². The molecule has 0 spiro atoms. The van der Waals surface area contributed by atoms with Gasteiger partial charge in [-0.05, 0) is 31.0 Å². The SMILES string of the molecule is CCc1cnc(CNC(C)c2ccc(O)c(OC)c2)s1. The van der Waals surface area contributed by atoms with Gasteiger partial charge in [0.15, 0.2) is 11.5 Å². The Morgan fingerprint density at radius 3 is 2.90 bits per heavy atom. The molecule has 1 aromatic carbocycles. The quantitative estimate of drug-likeness (QED) is 0.858. The fourth-order valence-electron chi connectivity index (χ4n) is 1.92. The Kier molecular flexibility index (Phi) is 4.98. The van der Waals surface area contributed by atoms with Crippen molar-refractivity contribution in [3.63, 3.8) is 0 Å². The summed E-state index contributed by atoms with van der Waals surface area (Å²) >= 11 is 1.74. The third-order valence-electron chi connectivity index (χ3n) is 3.21. The van der Waals surface area contributed by atoms with Crippen molar-refractivity contribution in [2.24, 2.45) is 0 Å². The van der Waals surface area contributed by atoms with E-state index in [1.165, 1.54) is 4.88 Å². The van der Waals surface area contributed by atoms with E-state index >= 15 is 0 Å². The van der Waals surface area contributed by atoms with Gasteiger partial charge in [0.2, 0.25) is 0 Å². The van der Waals surface area contributed by atoms with E-state index in [9.17, 15) is 5.11 Å². The van der Waals surface area contributed by atoms with Gasteiger partial charge in [0.1, 0.15) is 5.01 Å². The zero-order valence-electron chi connectivity index (χ0n) is 12.0. The number of nitrogens with one attached hydrogen (secondary N) is 1. The number of thiazole rings is 1. The molecular formula is C15H20N2O2S. The summed E-state index contributed by atoms with van der Waals surface area (Å²) in [6, 6.07) is 5.57. The molecule has 0 fully saturated rings. The molecule has 0 bridgehead atoms. The Labute approximate surface area is 123 Å². The number of nitrogens with zero attached hydrogens (tertiary/aromatic N) is 1. The average molecular weight is 292 g/mol. The van der Waals surface area contributed by atoms with E-state index in [2.05, 4.69) is 24.1 Å². The van der Waals surface area contributed by atoms with E-state index in [-0.39, 0.29) is 11.8 Å². The maximum absolute atomic E-state index is 9.60. The van der Waals surface area contributed by atoms with Gasteiger partial charge in [0, 0.05) is 23.7 Å². The number of benzene rings is 1. The first-order valence-corrected chi connectivity index (χ1v) is 7.49. The molecule has 20 heavy (non-hydrogen) atoms. The van der Waals surface area contributed by atoms with Crippen LogP contribution in [0.1, 0.15) is 35.3 Å². The molecule has 2 rings (SSSR count). The van der Waals surface area contributed by atoms with Gasteiger partial charge in [0.05, 0.1) is 7.11 Å². The van der Waals surface area contributed by atoms with Crippen LogP contribution in [0.25, 0.3) is 0 Å². The smallest absolute Gasteiger partial charge is 0.160 e. The van der Waals surface area contributed by atoms with Crippen LogP contribution in [0.3, 0.4) is 0 Å². The highest BCUT2D eigenvalue weighted by atomic mass is 32.1. The highest BCUT2D eigenvalue weighted by molar-refractivity contribution is 7.11. The first kappa shape index (κ1) is 14.8. The van der Waals surface area contributed by atoms with Gasteiger partial charge in [-0.1, -0.05) is 13.0 Å². The van der Waals surface area contributed by atoms with E-state index < -0.39 is 0 Å². The second-order valence-electron chi connectivity index (χ2n) is 4.61. The number of hydrogen-bond donors (Lipinski definition) is 2. The molecule has 1 atom stereocenters. The zero-order chi connectivity index (χ0) is 14.5. The van der Waals surface area contributed by atoms with Crippen LogP contribution in [0.5, 0.6) is 11.5 Å². The summed E-state index contributed by atoms with van der Waals surface area (Å²) in [7, 11) is 1.55. The number of phenols is 1. The van der Waals surface area contributed by atoms with Gasteiger partial charge in [-0.2, -0.15) is 0 Å². The van der Waals surface area contributed by atoms with Crippen molar-refractivity contribution in [2.45, 2.75) is 32.9 Å². The molecule has 0 aliphatic carbocycles. The normalized spacial score (nSPS) is 12.3. The molecule has 1 aromatic heterocycles. The minimum absolute atomic E-state index is 0.163. The summed E-state index contributed by atoms with van der Waals surface area (Å²) in [4.78, 5) is 5.70. The monoisotopic (exact) mass is 292 g/mol. The van der Waals surface area contributed by atoms with Crippen LogP contribution in [0.15, 0.2) is 24.4 Å². The molecule has 0 aliphatic rings. The van der Waals surface area contributed by atoms with Crippen molar-refractivity contribution in [3.8, 4) is 11.5 Å². The molecule has 0 amide bonds. The van der Waals surface area contributed by atoms with E-state index in [0.29, 0.717) is 5.75 Å². The van der Waals surface area contributed by atoms with Gasteiger partial charge in [-0.15, -0.1) is 11.3 Å². The van der Waals surface area contributed by atoms with Crippen molar-refractivity contribution in [1.82, 2.24) is 10.3 Å². The maximum atomic E-state index is 9.60. The molecule has 4 nitrogen and oxygen atoms in total. The first-order valence-electron chi connectivity index (χ1n) is 6.68. The summed E-state index contributed by atoms with van der Waals surface area (Å²) < 4.78 is 5.13. The Morgan fingerprint density at radius 1 is 1.45 bits per heavy atom. The number of aryl methyl sites for hydroxylation is 1. The Bertz CT molecular complexity index is 569. The van der Waals surface area contributed by atoms with Gasteiger partial charge in [0.25, 0.3) is 0 Å². The van der Waals surface area contributed by atoms with Gasteiger partial charge < -0.3 is 15.2 Å². The minimum atomic E-state index is 0.163. The van der Waals surface area contributed by atoms with Crippen LogP contribution in [0.4, 0.5) is 0 Å². The molecule has 0 saturated carbocycles. The maximum Gasteiger partial charge on any atom is 0.160 e. The van der Waals surface area contributed by atoms with Gasteiger partial charge >= 0.3 is 0 Å². The number of phenolic OH excluding ortho intramolecular Hbond substituents is 1. The number of rotatable bonds is 6. The van der Waals surface area contributed by atoms with E-state index in [4.69, 9.17) is 4.74 Å². The molecule has 2 N–H and O–H groups in total. The lowest BCUT2D eigenvalue weighted by Gasteiger charge is -2.14. The predicted molar refractivity (Wildman–Crippen MR) is 81.4 cm³/mol. The zero-order valence-corrected chi connectivity index (χ0v) is 12.8. The Morgan fingerprint density at radius 2 is 2.25 bits per heavy atom. The van der Waals surface area contributed by atoms with Crippen LogP contribution >= 0.6 is 11.3 Å². The van der Waals surface area contributed by atoms with E-state index in [0.717, 1.165) is 23.5 Å². The topological polar surface area (TPSA) is 54.4 Å². The lowest BCUT2D eigenvalue weighted by Crippen LogP contribution is -2.17. The summed E-state index contributed by atoms with van der Waals surface area (Å²) in [5, 5.41) is 14.1. The van der Waals surface area contributed by atoms with Crippen LogP contribution < -0.4 is 10.1 Å². The molecule has 1 unspecified atom stereocenters. The van der Waals surface area contributed by atoms with Gasteiger partial charge in [-0.25, -0.2) is 4.98 Å². The van der Waals surface area contributed by atoms with Crippen LogP contribution in [-0.2, 0) is 13.0 Å². The molecular weight excluding hydrogens is 272 g/mol. The highest BCUT2D eigenvalue weighted by Crippen LogP contribution is 2.29. The van der Waals surface area contributed by atoms with Crippen molar-refractivity contribution in [3.05, 3.63) is 39.8 Å². The largest absolute Gasteiger partial charge is 0.504 e. The molecule has 2 aromatic rings. The van der Waals surface area contributed by atoms with Crippen LogP contribution in [0.2, 0.25) is 0 Å². The van der Waals surface area contributed by atoms with Crippen molar-refractivity contribution in [1.29, 1.82) is 0 Å². The van der Waals surface area contributed by atoms with E-state index in [1.54, 1.807) is 24.5 Å². The molecule has 0 saturated heterocycles. The number of hydrogen-bond acceptors (Lipinski definition) is 5. The molecule has 108 valence electrons. The Balaban J connectivity index is 1.99. The predicted octanol–water partition coefficient (Wildman–Crippen LogP) is 3.27. The number of ether oxygens (including phenoxy) is 1. The fraction of sp³-hybridized carbons (Fsp3) is 0.400. The summed E-state index contributed by atoms with van der Waals surface area (Å²) in [6.07, 6.45) is 2.97. The number of aromatic nitrogens is 1. The molecule has 0 radical (unpaired) electrons. The second kappa shape index (κ2) is 6.72. The van der Waals surface area contributed by atoms with Crippen molar-refractivity contribution in [2.75, 3.05) is 7.11 Å². The van der Waals surface area contributed by atoms with E-state index in [1.807, 2.05) is 18.3 Å². The summed E-state index contributed by atoms with van der Waals surface area (Å²) in [5.74, 6) is 0.662.